The predicted octanol–water partition coefficient (Wildman–Crippen LogP) is 1.44. The zero-order chi connectivity index (χ0) is 12.8. The molecule has 1 N–H and O–H groups in total. The zero-order valence-electron chi connectivity index (χ0n) is 10.6. The third kappa shape index (κ3) is 5.12. The van der Waals surface area contributed by atoms with Crippen molar-refractivity contribution in [2.45, 2.75) is 32.1 Å². The molecule has 96 valence electrons. The first-order chi connectivity index (χ1) is 7.99. The van der Waals surface area contributed by atoms with Gasteiger partial charge in [-0.2, -0.15) is 4.98 Å². The largest absolute Gasteiger partial charge is 0.475 e. The van der Waals surface area contributed by atoms with Gasteiger partial charge in [0.05, 0.1) is 6.10 Å². The fourth-order valence-corrected chi connectivity index (χ4v) is 1.40. The number of nitrogens with zero attached hydrogens (tertiary/aromatic N) is 2. The molecule has 1 aromatic heterocycles. The van der Waals surface area contributed by atoms with Crippen LogP contribution in [0, 0.1) is 0 Å². The monoisotopic (exact) mass is 257 g/mol. The van der Waals surface area contributed by atoms with Crippen LogP contribution in [-0.4, -0.2) is 38.3 Å². The summed E-state index contributed by atoms with van der Waals surface area (Å²) in [6.07, 6.45) is 3.41. The van der Waals surface area contributed by atoms with Crippen molar-refractivity contribution in [2.75, 3.05) is 18.1 Å². The van der Waals surface area contributed by atoms with Crippen LogP contribution in [0.2, 0.25) is 0 Å². The Bertz CT molecular complexity index is 385. The molecule has 0 fully saturated rings. The highest BCUT2D eigenvalue weighted by atomic mass is 32.2. The van der Waals surface area contributed by atoms with E-state index in [0.717, 1.165) is 0 Å². The molecule has 0 saturated carbocycles. The fourth-order valence-electron chi connectivity index (χ4n) is 1.09. The second-order valence-electron chi connectivity index (χ2n) is 4.08. The Morgan fingerprint density at radius 1 is 1.47 bits per heavy atom. The summed E-state index contributed by atoms with van der Waals surface area (Å²) < 4.78 is 16.6. The van der Waals surface area contributed by atoms with Gasteiger partial charge in [0.2, 0.25) is 11.8 Å². The van der Waals surface area contributed by atoms with Crippen LogP contribution in [0.3, 0.4) is 0 Å². The van der Waals surface area contributed by atoms with Crippen LogP contribution in [0.5, 0.6) is 5.88 Å². The van der Waals surface area contributed by atoms with Crippen molar-refractivity contribution in [1.29, 1.82) is 0 Å². The Kier molecular flexibility index (Phi) is 5.34. The van der Waals surface area contributed by atoms with E-state index in [-0.39, 0.29) is 11.4 Å². The van der Waals surface area contributed by atoms with Crippen LogP contribution in [0.25, 0.3) is 0 Å². The van der Waals surface area contributed by atoms with Gasteiger partial charge in [0, 0.05) is 41.1 Å². The van der Waals surface area contributed by atoms with Crippen LogP contribution >= 0.6 is 0 Å². The lowest BCUT2D eigenvalue weighted by atomic mass is 10.4. The highest BCUT2D eigenvalue weighted by molar-refractivity contribution is 7.84. The normalized spacial score (nSPS) is 14.4. The first-order valence-corrected chi connectivity index (χ1v) is 7.17. The van der Waals surface area contributed by atoms with Gasteiger partial charge in [-0.3, -0.25) is 4.21 Å². The summed E-state index contributed by atoms with van der Waals surface area (Å²) in [5, 5.41) is 3.11. The minimum atomic E-state index is -0.848. The number of hydrogen-bond acceptors (Lipinski definition) is 5. The molecule has 0 aliphatic heterocycles. The van der Waals surface area contributed by atoms with Crippen molar-refractivity contribution in [3.8, 4) is 5.88 Å². The summed E-state index contributed by atoms with van der Waals surface area (Å²) in [4.78, 5) is 8.28. The molecule has 5 nitrogen and oxygen atoms in total. The Morgan fingerprint density at radius 2 is 2.18 bits per heavy atom. The van der Waals surface area contributed by atoms with E-state index in [9.17, 15) is 4.21 Å². The van der Waals surface area contributed by atoms with Gasteiger partial charge in [-0.1, -0.05) is 0 Å². The van der Waals surface area contributed by atoms with E-state index in [1.165, 1.54) is 0 Å². The summed E-state index contributed by atoms with van der Waals surface area (Å²) >= 11 is 0. The molecular weight excluding hydrogens is 238 g/mol. The number of rotatable bonds is 6. The minimum absolute atomic E-state index is 0.0632. The first-order valence-electron chi connectivity index (χ1n) is 5.55. The van der Waals surface area contributed by atoms with E-state index in [4.69, 9.17) is 4.74 Å². The molecule has 0 aromatic carbocycles. The summed E-state index contributed by atoms with van der Waals surface area (Å²) in [6, 6.07) is 1.71. The van der Waals surface area contributed by atoms with Crippen molar-refractivity contribution in [1.82, 2.24) is 9.97 Å². The second kappa shape index (κ2) is 6.54. The van der Waals surface area contributed by atoms with Crippen molar-refractivity contribution >= 4 is 16.7 Å². The summed E-state index contributed by atoms with van der Waals surface area (Å²) in [5.41, 5.74) is 0. The summed E-state index contributed by atoms with van der Waals surface area (Å²) in [6.45, 7) is 6.38. The van der Waals surface area contributed by atoms with E-state index in [1.807, 2.05) is 20.8 Å². The van der Waals surface area contributed by atoms with Crippen molar-refractivity contribution < 1.29 is 8.95 Å². The molecule has 0 bridgehead atoms. The molecule has 0 aliphatic rings. The highest BCUT2D eigenvalue weighted by Gasteiger charge is 2.07. The molecule has 6 heteroatoms. The third-order valence-corrected chi connectivity index (χ3v) is 3.40. The van der Waals surface area contributed by atoms with Crippen LogP contribution in [-0.2, 0) is 10.8 Å². The maximum absolute atomic E-state index is 11.2. The molecule has 0 saturated heterocycles. The van der Waals surface area contributed by atoms with Gasteiger partial charge in [-0.25, -0.2) is 4.98 Å². The van der Waals surface area contributed by atoms with Gasteiger partial charge < -0.3 is 10.1 Å². The van der Waals surface area contributed by atoms with Gasteiger partial charge in [-0.05, 0) is 20.8 Å². The predicted molar refractivity (Wildman–Crippen MR) is 69.8 cm³/mol. The van der Waals surface area contributed by atoms with Gasteiger partial charge >= 0.3 is 0 Å². The number of anilines is 1. The molecular formula is C11H19N3O2S. The molecule has 1 aromatic rings. The van der Waals surface area contributed by atoms with E-state index >= 15 is 0 Å². The maximum atomic E-state index is 11.2. The van der Waals surface area contributed by atoms with E-state index in [2.05, 4.69) is 15.3 Å². The van der Waals surface area contributed by atoms with Crippen LogP contribution in [0.1, 0.15) is 20.8 Å². The van der Waals surface area contributed by atoms with E-state index < -0.39 is 10.8 Å². The third-order valence-electron chi connectivity index (χ3n) is 2.10. The van der Waals surface area contributed by atoms with Gasteiger partial charge in [0.15, 0.2) is 0 Å². The van der Waals surface area contributed by atoms with Gasteiger partial charge in [0.25, 0.3) is 0 Å². The van der Waals surface area contributed by atoms with Crippen LogP contribution in [0.4, 0.5) is 5.95 Å². The lowest BCUT2D eigenvalue weighted by molar-refractivity contribution is 0.232. The van der Waals surface area contributed by atoms with Crippen molar-refractivity contribution in [3.63, 3.8) is 0 Å². The number of nitrogens with one attached hydrogen (secondary N) is 1. The lowest BCUT2D eigenvalue weighted by Crippen LogP contribution is -2.21. The molecule has 0 amide bonds. The van der Waals surface area contributed by atoms with Gasteiger partial charge in [0.1, 0.15) is 0 Å². The highest BCUT2D eigenvalue weighted by Crippen LogP contribution is 2.10. The molecule has 0 aliphatic carbocycles. The van der Waals surface area contributed by atoms with Crippen LogP contribution < -0.4 is 10.1 Å². The lowest BCUT2D eigenvalue weighted by Gasteiger charge is -2.12. The molecule has 2 atom stereocenters. The average Bonchev–Trinajstić information content (AvgIpc) is 2.25. The minimum Gasteiger partial charge on any atom is -0.475 e. The second-order valence-corrected chi connectivity index (χ2v) is 5.88. The number of ether oxygens (including phenoxy) is 1. The zero-order valence-corrected chi connectivity index (χ0v) is 11.5. The number of aromatic nitrogens is 2. The van der Waals surface area contributed by atoms with E-state index in [1.54, 1.807) is 18.5 Å². The Morgan fingerprint density at radius 3 is 2.76 bits per heavy atom. The molecule has 17 heavy (non-hydrogen) atoms. The maximum Gasteiger partial charge on any atom is 0.225 e. The first kappa shape index (κ1) is 13.9. The number of hydrogen-bond donors (Lipinski definition) is 1. The Labute approximate surface area is 104 Å². The van der Waals surface area contributed by atoms with E-state index in [0.29, 0.717) is 18.4 Å². The van der Waals surface area contributed by atoms with Gasteiger partial charge in [-0.15, -0.1) is 0 Å². The SMILES string of the molecule is CC(C)Oc1ccnc(NCC(C)S(C)=O)n1. The average molecular weight is 257 g/mol. The summed E-state index contributed by atoms with van der Waals surface area (Å²) in [5.74, 6) is 1.04. The molecule has 2 unspecified atom stereocenters. The Balaban J connectivity index is 2.56. The topological polar surface area (TPSA) is 64.1 Å². The summed E-state index contributed by atoms with van der Waals surface area (Å²) in [7, 11) is -0.848. The molecule has 1 rings (SSSR count). The smallest absolute Gasteiger partial charge is 0.225 e. The molecule has 0 radical (unpaired) electrons. The van der Waals surface area contributed by atoms with Crippen molar-refractivity contribution in [2.24, 2.45) is 0 Å². The Hall–Kier alpha value is -1.17. The quantitative estimate of drug-likeness (QED) is 0.835. The van der Waals surface area contributed by atoms with Crippen molar-refractivity contribution in [3.05, 3.63) is 12.3 Å². The standard InChI is InChI=1S/C11H19N3O2S/c1-8(2)16-10-5-6-12-11(14-10)13-7-9(3)17(4)15/h5-6,8-9H,7H2,1-4H3,(H,12,13,14). The molecule has 1 heterocycles. The molecule has 0 spiro atoms. The van der Waals surface area contributed by atoms with Crippen LogP contribution in [0.15, 0.2) is 12.3 Å². The fraction of sp³-hybridized carbons (Fsp3) is 0.636.